The first kappa shape index (κ1) is 16.6. The Balaban J connectivity index is 0.000000137. The van der Waals surface area contributed by atoms with E-state index in [2.05, 4.69) is 14.7 Å². The molecule has 0 bridgehead atoms. The molecule has 130 valence electrons. The summed E-state index contributed by atoms with van der Waals surface area (Å²) in [5, 5.41) is 1.58. The van der Waals surface area contributed by atoms with Gasteiger partial charge in [0, 0.05) is 23.3 Å². The molecule has 0 saturated heterocycles. The van der Waals surface area contributed by atoms with Crippen LogP contribution in [0.25, 0.3) is 22.2 Å². The number of ether oxygens (including phenoxy) is 1. The van der Waals surface area contributed by atoms with E-state index in [1.165, 1.54) is 0 Å². The molecule has 0 aliphatic carbocycles. The molecule has 0 N–H and O–H groups in total. The topological polar surface area (TPSA) is 69.2 Å². The van der Waals surface area contributed by atoms with Crippen molar-refractivity contribution < 1.29 is 14.3 Å². The second kappa shape index (κ2) is 7.17. The average molecular weight is 354 g/mol. The summed E-state index contributed by atoms with van der Waals surface area (Å²) in [5.41, 5.74) is 1.98. The summed E-state index contributed by atoms with van der Waals surface area (Å²) < 4.78 is 4.63. The fourth-order valence-electron chi connectivity index (χ4n) is 2.91. The third-order valence-electron chi connectivity index (χ3n) is 4.13. The lowest BCUT2D eigenvalue weighted by Gasteiger charge is -2.14. The minimum absolute atomic E-state index is 0.461. The lowest BCUT2D eigenvalue weighted by molar-refractivity contribution is 0.0391. The number of rotatable bonds is 1. The molecule has 0 amide bonds. The van der Waals surface area contributed by atoms with Crippen LogP contribution in [0.3, 0.4) is 0 Å². The molecule has 3 aromatic carbocycles. The SMILES string of the molecule is O=C1OC(=O)c2cccc3cccc1c23.c1ccc(-c2ncccn2)cc1. The monoisotopic (exact) mass is 354 g/mol. The van der Waals surface area contributed by atoms with E-state index in [4.69, 9.17) is 0 Å². The Bertz CT molecular complexity index is 1040. The van der Waals surface area contributed by atoms with Crippen molar-refractivity contribution in [1.82, 2.24) is 9.97 Å². The van der Waals surface area contributed by atoms with Gasteiger partial charge in [-0.3, -0.25) is 0 Å². The van der Waals surface area contributed by atoms with Crippen molar-refractivity contribution in [3.8, 4) is 11.4 Å². The molecule has 1 aromatic heterocycles. The Hall–Kier alpha value is -3.86. The van der Waals surface area contributed by atoms with Gasteiger partial charge in [0.2, 0.25) is 0 Å². The lowest BCUT2D eigenvalue weighted by atomic mass is 9.97. The van der Waals surface area contributed by atoms with Crippen molar-refractivity contribution >= 4 is 22.7 Å². The Kier molecular flexibility index (Phi) is 4.41. The molecule has 5 rings (SSSR count). The molecule has 5 nitrogen and oxygen atoms in total. The van der Waals surface area contributed by atoms with Crippen LogP contribution in [0.5, 0.6) is 0 Å². The maximum atomic E-state index is 11.4. The van der Waals surface area contributed by atoms with Crippen molar-refractivity contribution in [3.05, 3.63) is 96.3 Å². The van der Waals surface area contributed by atoms with Gasteiger partial charge in [0.15, 0.2) is 5.82 Å². The van der Waals surface area contributed by atoms with Crippen LogP contribution in [0.4, 0.5) is 0 Å². The van der Waals surface area contributed by atoms with Gasteiger partial charge < -0.3 is 4.74 Å². The summed E-state index contributed by atoms with van der Waals surface area (Å²) >= 11 is 0. The summed E-state index contributed by atoms with van der Waals surface area (Å²) in [6.45, 7) is 0. The van der Waals surface area contributed by atoms with E-state index in [-0.39, 0.29) is 0 Å². The zero-order chi connectivity index (χ0) is 18.6. The summed E-state index contributed by atoms with van der Waals surface area (Å²) in [4.78, 5) is 31.2. The van der Waals surface area contributed by atoms with Gasteiger partial charge in [-0.2, -0.15) is 0 Å². The zero-order valence-corrected chi connectivity index (χ0v) is 14.2. The molecule has 1 aliphatic heterocycles. The third kappa shape index (κ3) is 3.30. The van der Waals surface area contributed by atoms with Crippen LogP contribution >= 0.6 is 0 Å². The lowest BCUT2D eigenvalue weighted by Crippen LogP contribution is -2.19. The van der Waals surface area contributed by atoms with Gasteiger partial charge in [0.25, 0.3) is 0 Å². The highest BCUT2D eigenvalue weighted by atomic mass is 16.6. The maximum absolute atomic E-state index is 11.4. The molecular weight excluding hydrogens is 340 g/mol. The fraction of sp³-hybridized carbons (Fsp3) is 0. The number of aromatic nitrogens is 2. The van der Waals surface area contributed by atoms with Crippen LogP contribution in [-0.2, 0) is 4.74 Å². The first-order valence-corrected chi connectivity index (χ1v) is 8.35. The second-order valence-electron chi connectivity index (χ2n) is 5.82. The molecule has 27 heavy (non-hydrogen) atoms. The predicted octanol–water partition coefficient (Wildman–Crippen LogP) is 4.29. The number of benzene rings is 3. The maximum Gasteiger partial charge on any atom is 0.346 e. The summed E-state index contributed by atoms with van der Waals surface area (Å²) in [5.74, 6) is -0.355. The van der Waals surface area contributed by atoms with Crippen LogP contribution in [0.1, 0.15) is 20.7 Å². The van der Waals surface area contributed by atoms with E-state index < -0.39 is 11.9 Å². The minimum atomic E-state index is -0.565. The largest absolute Gasteiger partial charge is 0.386 e. The second-order valence-corrected chi connectivity index (χ2v) is 5.82. The van der Waals surface area contributed by atoms with Gasteiger partial charge in [0.1, 0.15) is 0 Å². The average Bonchev–Trinajstić information content (AvgIpc) is 2.74. The van der Waals surface area contributed by atoms with Crippen LogP contribution in [0.15, 0.2) is 85.2 Å². The Morgan fingerprint density at radius 3 is 1.81 bits per heavy atom. The predicted molar refractivity (Wildman–Crippen MR) is 101 cm³/mol. The number of hydrogen-bond acceptors (Lipinski definition) is 5. The summed E-state index contributed by atoms with van der Waals surface area (Å²) in [7, 11) is 0. The molecule has 0 spiro atoms. The molecule has 0 radical (unpaired) electrons. The number of esters is 2. The van der Waals surface area contributed by atoms with E-state index in [1.807, 2.05) is 48.5 Å². The van der Waals surface area contributed by atoms with Gasteiger partial charge in [-0.25, -0.2) is 19.6 Å². The third-order valence-corrected chi connectivity index (χ3v) is 4.13. The van der Waals surface area contributed by atoms with E-state index in [0.717, 1.165) is 16.8 Å². The van der Waals surface area contributed by atoms with Gasteiger partial charge in [-0.15, -0.1) is 0 Å². The van der Waals surface area contributed by atoms with Gasteiger partial charge >= 0.3 is 11.9 Å². The fourth-order valence-corrected chi connectivity index (χ4v) is 2.91. The molecule has 0 atom stereocenters. The van der Waals surface area contributed by atoms with Crippen molar-refractivity contribution in [3.63, 3.8) is 0 Å². The Morgan fingerprint density at radius 2 is 1.22 bits per heavy atom. The highest BCUT2D eigenvalue weighted by molar-refractivity contribution is 6.20. The molecule has 1 aliphatic rings. The van der Waals surface area contributed by atoms with Crippen LogP contribution < -0.4 is 0 Å². The van der Waals surface area contributed by atoms with E-state index in [1.54, 1.807) is 36.7 Å². The molecule has 2 heterocycles. The van der Waals surface area contributed by atoms with Crippen LogP contribution in [-0.4, -0.2) is 21.9 Å². The number of cyclic esters (lactones) is 2. The standard InChI is InChI=1S/C12H6O3.C10H8N2/c13-11-8-5-1-3-7-4-2-6-9(10(7)8)12(14)15-11;1-2-5-9(6-3-1)10-11-7-4-8-12-10/h1-6H;1-8H. The molecule has 0 fully saturated rings. The van der Waals surface area contributed by atoms with Crippen LogP contribution in [0.2, 0.25) is 0 Å². The Labute approximate surface area is 155 Å². The van der Waals surface area contributed by atoms with Gasteiger partial charge in [-0.1, -0.05) is 54.6 Å². The first-order valence-electron chi connectivity index (χ1n) is 8.35. The number of carbonyl (C=O) groups excluding carboxylic acids is 2. The molecule has 5 heteroatoms. The van der Waals surface area contributed by atoms with E-state index in [0.29, 0.717) is 16.5 Å². The van der Waals surface area contributed by atoms with Gasteiger partial charge in [0.05, 0.1) is 11.1 Å². The van der Waals surface area contributed by atoms with E-state index in [9.17, 15) is 9.59 Å². The first-order chi connectivity index (χ1) is 13.2. The normalized spacial score (nSPS) is 12.1. The molecule has 4 aromatic rings. The van der Waals surface area contributed by atoms with E-state index >= 15 is 0 Å². The highest BCUT2D eigenvalue weighted by Crippen LogP contribution is 2.28. The quantitative estimate of drug-likeness (QED) is 0.377. The van der Waals surface area contributed by atoms with Crippen molar-refractivity contribution in [2.24, 2.45) is 0 Å². The Morgan fingerprint density at radius 1 is 0.630 bits per heavy atom. The zero-order valence-electron chi connectivity index (χ0n) is 14.2. The van der Waals surface area contributed by atoms with Crippen molar-refractivity contribution in [2.45, 2.75) is 0 Å². The number of hydrogen-bond donors (Lipinski definition) is 0. The number of carbonyl (C=O) groups is 2. The minimum Gasteiger partial charge on any atom is -0.386 e. The van der Waals surface area contributed by atoms with Crippen molar-refractivity contribution in [2.75, 3.05) is 0 Å². The molecule has 0 saturated carbocycles. The smallest absolute Gasteiger partial charge is 0.346 e. The van der Waals surface area contributed by atoms with Gasteiger partial charge in [-0.05, 0) is 23.6 Å². The van der Waals surface area contributed by atoms with Crippen molar-refractivity contribution in [1.29, 1.82) is 0 Å². The van der Waals surface area contributed by atoms with Crippen LogP contribution in [0, 0.1) is 0 Å². The summed E-state index contributed by atoms with van der Waals surface area (Å²) in [6, 6.07) is 22.4. The number of nitrogens with zero attached hydrogens (tertiary/aromatic N) is 2. The highest BCUT2D eigenvalue weighted by Gasteiger charge is 2.26. The summed E-state index contributed by atoms with van der Waals surface area (Å²) in [6.07, 6.45) is 3.49. The molecular formula is C22H14N2O3. The molecule has 0 unspecified atom stereocenters.